The standard InChI is InChI=1S/C18H26N4O2/c1-13(2)21-17(23)9-10-20-18(24)22(14(3)4)12-16-7-5-15(11-19)6-8-16/h5-8,13-14H,9-10,12H2,1-4H3,(H,20,24)(H,21,23). The van der Waals surface area contributed by atoms with Gasteiger partial charge in [-0.25, -0.2) is 4.79 Å². The van der Waals surface area contributed by atoms with Crippen molar-refractivity contribution in [3.63, 3.8) is 0 Å². The van der Waals surface area contributed by atoms with Crippen molar-refractivity contribution < 1.29 is 9.59 Å². The van der Waals surface area contributed by atoms with Crippen molar-refractivity contribution in [3.8, 4) is 6.07 Å². The van der Waals surface area contributed by atoms with Crippen molar-refractivity contribution in [1.82, 2.24) is 15.5 Å². The molecule has 2 N–H and O–H groups in total. The molecule has 1 rings (SSSR count). The Morgan fingerprint density at radius 1 is 1.17 bits per heavy atom. The fourth-order valence-electron chi connectivity index (χ4n) is 2.15. The van der Waals surface area contributed by atoms with Gasteiger partial charge in [0.1, 0.15) is 0 Å². The smallest absolute Gasteiger partial charge is 0.317 e. The molecule has 0 saturated heterocycles. The van der Waals surface area contributed by atoms with Crippen LogP contribution in [-0.2, 0) is 11.3 Å². The summed E-state index contributed by atoms with van der Waals surface area (Å²) in [6.07, 6.45) is 0.257. The molecule has 0 saturated carbocycles. The SMILES string of the molecule is CC(C)NC(=O)CCNC(=O)N(Cc1ccc(C#N)cc1)C(C)C. The molecule has 0 unspecified atom stereocenters. The first-order chi connectivity index (χ1) is 11.3. The van der Waals surface area contributed by atoms with Gasteiger partial charge in [0, 0.05) is 31.6 Å². The number of nitrogens with one attached hydrogen (secondary N) is 2. The normalized spacial score (nSPS) is 10.4. The number of benzene rings is 1. The van der Waals surface area contributed by atoms with Gasteiger partial charge in [0.05, 0.1) is 11.6 Å². The van der Waals surface area contributed by atoms with E-state index in [4.69, 9.17) is 5.26 Å². The first kappa shape index (κ1) is 19.5. The first-order valence-corrected chi connectivity index (χ1v) is 8.16. The highest BCUT2D eigenvalue weighted by Crippen LogP contribution is 2.10. The molecule has 0 heterocycles. The molecular formula is C18H26N4O2. The van der Waals surface area contributed by atoms with Crippen LogP contribution in [0.2, 0.25) is 0 Å². The minimum absolute atomic E-state index is 0.0186. The number of urea groups is 1. The van der Waals surface area contributed by atoms with Gasteiger partial charge in [-0.15, -0.1) is 0 Å². The summed E-state index contributed by atoms with van der Waals surface area (Å²) in [6, 6.07) is 9.15. The Hall–Kier alpha value is -2.55. The number of hydrogen-bond acceptors (Lipinski definition) is 3. The molecule has 130 valence electrons. The summed E-state index contributed by atoms with van der Waals surface area (Å²) in [5.41, 5.74) is 1.55. The molecule has 1 aromatic carbocycles. The summed E-state index contributed by atoms with van der Waals surface area (Å²) in [4.78, 5) is 25.6. The Bertz CT molecular complexity index is 588. The molecule has 0 aliphatic heterocycles. The Balaban J connectivity index is 2.56. The van der Waals surface area contributed by atoms with E-state index >= 15 is 0 Å². The second kappa shape index (κ2) is 9.56. The maximum absolute atomic E-state index is 12.3. The van der Waals surface area contributed by atoms with Crippen molar-refractivity contribution in [3.05, 3.63) is 35.4 Å². The van der Waals surface area contributed by atoms with Gasteiger partial charge in [-0.3, -0.25) is 4.79 Å². The van der Waals surface area contributed by atoms with Crippen molar-refractivity contribution in [2.75, 3.05) is 6.54 Å². The van der Waals surface area contributed by atoms with Crippen molar-refractivity contribution in [1.29, 1.82) is 5.26 Å². The molecule has 1 aromatic rings. The topological polar surface area (TPSA) is 85.2 Å². The number of hydrogen-bond donors (Lipinski definition) is 2. The maximum Gasteiger partial charge on any atom is 0.317 e. The lowest BCUT2D eigenvalue weighted by Crippen LogP contribution is -2.44. The number of carbonyl (C=O) groups is 2. The van der Waals surface area contributed by atoms with Gasteiger partial charge in [-0.1, -0.05) is 12.1 Å². The molecule has 0 aliphatic rings. The van der Waals surface area contributed by atoms with Crippen LogP contribution in [0.3, 0.4) is 0 Å². The van der Waals surface area contributed by atoms with Gasteiger partial charge in [-0.2, -0.15) is 5.26 Å². The molecular weight excluding hydrogens is 304 g/mol. The summed E-state index contributed by atoms with van der Waals surface area (Å²) >= 11 is 0. The predicted molar refractivity (Wildman–Crippen MR) is 93.1 cm³/mol. The van der Waals surface area contributed by atoms with E-state index in [1.54, 1.807) is 17.0 Å². The van der Waals surface area contributed by atoms with E-state index < -0.39 is 0 Å². The number of nitriles is 1. The highest BCUT2D eigenvalue weighted by atomic mass is 16.2. The van der Waals surface area contributed by atoms with Crippen LogP contribution in [-0.4, -0.2) is 35.5 Å². The van der Waals surface area contributed by atoms with Crippen molar-refractivity contribution >= 4 is 11.9 Å². The Morgan fingerprint density at radius 3 is 2.29 bits per heavy atom. The summed E-state index contributed by atoms with van der Waals surface area (Å²) in [5.74, 6) is -0.0755. The number of carbonyl (C=O) groups excluding carboxylic acids is 2. The Kier molecular flexibility index (Phi) is 7.76. The average Bonchev–Trinajstić information content (AvgIpc) is 2.52. The second-order valence-electron chi connectivity index (χ2n) is 6.23. The maximum atomic E-state index is 12.3. The molecule has 0 bridgehead atoms. The van der Waals surface area contributed by atoms with Crippen molar-refractivity contribution in [2.45, 2.75) is 52.7 Å². The fraction of sp³-hybridized carbons (Fsp3) is 0.500. The summed E-state index contributed by atoms with van der Waals surface area (Å²) in [7, 11) is 0. The first-order valence-electron chi connectivity index (χ1n) is 8.16. The molecule has 6 heteroatoms. The lowest BCUT2D eigenvalue weighted by Gasteiger charge is -2.27. The molecule has 0 atom stereocenters. The van der Waals surface area contributed by atoms with Crippen molar-refractivity contribution in [2.24, 2.45) is 0 Å². The highest BCUT2D eigenvalue weighted by Gasteiger charge is 2.17. The predicted octanol–water partition coefficient (Wildman–Crippen LogP) is 2.39. The molecule has 3 amide bonds. The van der Waals surface area contributed by atoms with E-state index in [9.17, 15) is 9.59 Å². The largest absolute Gasteiger partial charge is 0.354 e. The Labute approximate surface area is 143 Å². The number of nitrogens with zero attached hydrogens (tertiary/aromatic N) is 2. The van der Waals surface area contributed by atoms with Crippen LogP contribution in [0.5, 0.6) is 0 Å². The van der Waals surface area contributed by atoms with Gasteiger partial charge in [-0.05, 0) is 45.4 Å². The van der Waals surface area contributed by atoms with Crippen LogP contribution in [0.4, 0.5) is 4.79 Å². The zero-order valence-corrected chi connectivity index (χ0v) is 14.8. The van der Waals surface area contributed by atoms with Gasteiger partial charge in [0.15, 0.2) is 0 Å². The number of amides is 3. The van der Waals surface area contributed by atoms with E-state index in [0.717, 1.165) is 5.56 Å². The lowest BCUT2D eigenvalue weighted by molar-refractivity contribution is -0.121. The van der Waals surface area contributed by atoms with Crippen LogP contribution >= 0.6 is 0 Å². The third-order valence-corrected chi connectivity index (χ3v) is 3.40. The zero-order chi connectivity index (χ0) is 18.1. The Morgan fingerprint density at radius 2 is 1.79 bits per heavy atom. The monoisotopic (exact) mass is 330 g/mol. The van der Waals surface area contributed by atoms with E-state index in [1.165, 1.54) is 0 Å². The van der Waals surface area contributed by atoms with Gasteiger partial charge in [0.25, 0.3) is 0 Å². The van der Waals surface area contributed by atoms with Crippen LogP contribution in [0.25, 0.3) is 0 Å². The molecule has 0 aliphatic carbocycles. The summed E-state index contributed by atoms with van der Waals surface area (Å²) in [5, 5.41) is 14.4. The molecule has 0 aromatic heterocycles. The molecule has 0 radical (unpaired) electrons. The molecule has 24 heavy (non-hydrogen) atoms. The third-order valence-electron chi connectivity index (χ3n) is 3.40. The minimum atomic E-state index is -0.202. The van der Waals surface area contributed by atoms with Crippen LogP contribution in [0, 0.1) is 11.3 Å². The summed E-state index contributed by atoms with van der Waals surface area (Å²) < 4.78 is 0. The van der Waals surface area contributed by atoms with E-state index in [2.05, 4.69) is 16.7 Å². The van der Waals surface area contributed by atoms with E-state index in [1.807, 2.05) is 39.8 Å². The molecule has 0 spiro atoms. The van der Waals surface area contributed by atoms with E-state index in [-0.39, 0.29) is 30.4 Å². The van der Waals surface area contributed by atoms with Crippen LogP contribution < -0.4 is 10.6 Å². The van der Waals surface area contributed by atoms with Crippen LogP contribution in [0.1, 0.15) is 45.2 Å². The summed E-state index contributed by atoms with van der Waals surface area (Å²) in [6.45, 7) is 8.42. The van der Waals surface area contributed by atoms with Gasteiger partial charge in [0.2, 0.25) is 5.91 Å². The van der Waals surface area contributed by atoms with Crippen LogP contribution in [0.15, 0.2) is 24.3 Å². The second-order valence-corrected chi connectivity index (χ2v) is 6.23. The zero-order valence-electron chi connectivity index (χ0n) is 14.8. The number of rotatable bonds is 7. The average molecular weight is 330 g/mol. The highest BCUT2D eigenvalue weighted by molar-refractivity contribution is 5.78. The van der Waals surface area contributed by atoms with E-state index in [0.29, 0.717) is 18.7 Å². The third kappa shape index (κ3) is 6.69. The minimum Gasteiger partial charge on any atom is -0.354 e. The fourth-order valence-corrected chi connectivity index (χ4v) is 2.15. The lowest BCUT2D eigenvalue weighted by atomic mass is 10.1. The molecule has 6 nitrogen and oxygen atoms in total. The van der Waals surface area contributed by atoms with Gasteiger partial charge >= 0.3 is 6.03 Å². The quantitative estimate of drug-likeness (QED) is 0.805. The molecule has 0 fully saturated rings. The van der Waals surface area contributed by atoms with Gasteiger partial charge < -0.3 is 15.5 Å².